The van der Waals surface area contributed by atoms with Crippen LogP contribution in [-0.4, -0.2) is 47.6 Å². The number of anilines is 1. The third-order valence-electron chi connectivity index (χ3n) is 4.12. The van der Waals surface area contributed by atoms with Crippen LogP contribution < -0.4 is 11.1 Å². The molecule has 120 valence electrons. The minimum absolute atomic E-state index is 0.497. The lowest BCUT2D eigenvalue weighted by atomic mass is 10.2. The predicted molar refractivity (Wildman–Crippen MR) is 93.2 cm³/mol. The van der Waals surface area contributed by atoms with Crippen molar-refractivity contribution in [3.8, 4) is 0 Å². The number of hydrogen-bond acceptors (Lipinski definition) is 5. The van der Waals surface area contributed by atoms with E-state index in [9.17, 15) is 0 Å². The Morgan fingerprint density at radius 3 is 2.68 bits per heavy atom. The number of hydrogen-bond donors (Lipinski definition) is 2. The Morgan fingerprint density at radius 1 is 1.23 bits per heavy atom. The van der Waals surface area contributed by atoms with Gasteiger partial charge in [-0.1, -0.05) is 26.0 Å². The van der Waals surface area contributed by atoms with Gasteiger partial charge in [0.15, 0.2) is 0 Å². The monoisotopic (exact) mass is 301 g/mol. The summed E-state index contributed by atoms with van der Waals surface area (Å²) in [4.78, 5) is 11.6. The van der Waals surface area contributed by atoms with Crippen LogP contribution in [-0.2, 0) is 6.42 Å². The van der Waals surface area contributed by atoms with Crippen molar-refractivity contribution in [3.05, 3.63) is 30.1 Å². The van der Waals surface area contributed by atoms with Crippen molar-refractivity contribution >= 4 is 16.7 Å². The highest BCUT2D eigenvalue weighted by Gasteiger charge is 2.13. The second kappa shape index (κ2) is 8.06. The van der Waals surface area contributed by atoms with Gasteiger partial charge in [0.1, 0.15) is 11.6 Å². The molecule has 0 bridgehead atoms. The Kier molecular flexibility index (Phi) is 6.10. The molecule has 1 aromatic heterocycles. The summed E-state index contributed by atoms with van der Waals surface area (Å²) in [6, 6.07) is 8.61. The van der Waals surface area contributed by atoms with Crippen LogP contribution in [0, 0.1) is 0 Å². The minimum Gasteiger partial charge on any atom is -0.368 e. The SMILES string of the molecule is CC[C@@H](CNc1nc(CCN)nc2ccccc12)N(C)CC. The van der Waals surface area contributed by atoms with Crippen molar-refractivity contribution in [1.82, 2.24) is 14.9 Å². The summed E-state index contributed by atoms with van der Waals surface area (Å²) in [5.74, 6) is 1.72. The fourth-order valence-corrected chi connectivity index (χ4v) is 2.58. The molecule has 0 amide bonds. The maximum Gasteiger partial charge on any atom is 0.137 e. The molecule has 0 saturated heterocycles. The van der Waals surface area contributed by atoms with E-state index in [0.717, 1.165) is 42.1 Å². The Bertz CT molecular complexity index is 599. The van der Waals surface area contributed by atoms with E-state index in [2.05, 4.69) is 47.1 Å². The summed E-state index contributed by atoms with van der Waals surface area (Å²) < 4.78 is 0. The summed E-state index contributed by atoms with van der Waals surface area (Å²) in [6.07, 6.45) is 1.81. The Labute approximate surface area is 132 Å². The van der Waals surface area contributed by atoms with E-state index in [1.165, 1.54) is 0 Å². The van der Waals surface area contributed by atoms with Crippen molar-refractivity contribution in [2.45, 2.75) is 32.7 Å². The Balaban J connectivity index is 2.25. The first kappa shape index (κ1) is 16.6. The molecule has 3 N–H and O–H groups in total. The van der Waals surface area contributed by atoms with Gasteiger partial charge in [0.25, 0.3) is 0 Å². The quantitative estimate of drug-likeness (QED) is 0.783. The summed E-state index contributed by atoms with van der Waals surface area (Å²) in [6.45, 7) is 6.89. The van der Waals surface area contributed by atoms with Crippen LogP contribution in [0.5, 0.6) is 0 Å². The normalized spacial score (nSPS) is 12.8. The molecular weight excluding hydrogens is 274 g/mol. The van der Waals surface area contributed by atoms with Gasteiger partial charge in [-0.15, -0.1) is 0 Å². The third kappa shape index (κ3) is 3.93. The van der Waals surface area contributed by atoms with Crippen LogP contribution >= 0.6 is 0 Å². The Hall–Kier alpha value is -1.72. The summed E-state index contributed by atoms with van der Waals surface area (Å²) in [7, 11) is 2.16. The number of rotatable bonds is 8. The number of fused-ring (bicyclic) bond motifs is 1. The van der Waals surface area contributed by atoms with Gasteiger partial charge in [-0.05, 0) is 38.7 Å². The van der Waals surface area contributed by atoms with Gasteiger partial charge >= 0.3 is 0 Å². The number of nitrogens with zero attached hydrogens (tertiary/aromatic N) is 3. The number of nitrogens with one attached hydrogen (secondary N) is 1. The molecule has 22 heavy (non-hydrogen) atoms. The van der Waals surface area contributed by atoms with E-state index in [1.807, 2.05) is 18.2 Å². The van der Waals surface area contributed by atoms with Gasteiger partial charge in [-0.25, -0.2) is 9.97 Å². The molecular formula is C17H27N5. The molecule has 0 saturated carbocycles. The molecule has 0 spiro atoms. The fraction of sp³-hybridized carbons (Fsp3) is 0.529. The first-order chi connectivity index (χ1) is 10.7. The van der Waals surface area contributed by atoms with Crippen LogP contribution in [0.25, 0.3) is 10.9 Å². The lowest BCUT2D eigenvalue weighted by Gasteiger charge is -2.26. The first-order valence-corrected chi connectivity index (χ1v) is 8.09. The molecule has 1 atom stereocenters. The van der Waals surface area contributed by atoms with Crippen LogP contribution in [0.4, 0.5) is 5.82 Å². The number of aromatic nitrogens is 2. The molecule has 5 heteroatoms. The van der Waals surface area contributed by atoms with Crippen LogP contribution in [0.2, 0.25) is 0 Å². The van der Waals surface area contributed by atoms with Gasteiger partial charge < -0.3 is 16.0 Å². The molecule has 2 rings (SSSR count). The summed E-state index contributed by atoms with van der Waals surface area (Å²) in [5.41, 5.74) is 6.62. The number of nitrogens with two attached hydrogens (primary N) is 1. The topological polar surface area (TPSA) is 67.1 Å². The van der Waals surface area contributed by atoms with Crippen LogP contribution in [0.15, 0.2) is 24.3 Å². The zero-order valence-electron chi connectivity index (χ0n) is 13.8. The maximum absolute atomic E-state index is 5.65. The molecule has 0 fully saturated rings. The lowest BCUT2D eigenvalue weighted by Crippen LogP contribution is -2.36. The second-order valence-electron chi connectivity index (χ2n) is 5.56. The van der Waals surface area contributed by atoms with Crippen LogP contribution in [0.1, 0.15) is 26.1 Å². The highest BCUT2D eigenvalue weighted by Crippen LogP contribution is 2.20. The molecule has 0 unspecified atom stereocenters. The Morgan fingerprint density at radius 2 is 2.00 bits per heavy atom. The van der Waals surface area contributed by atoms with Gasteiger partial charge in [-0.3, -0.25) is 0 Å². The highest BCUT2D eigenvalue weighted by molar-refractivity contribution is 5.88. The van der Waals surface area contributed by atoms with E-state index in [1.54, 1.807) is 0 Å². The summed E-state index contributed by atoms with van der Waals surface area (Å²) >= 11 is 0. The molecule has 0 radical (unpaired) electrons. The second-order valence-corrected chi connectivity index (χ2v) is 5.56. The van der Waals surface area contributed by atoms with Crippen molar-refractivity contribution in [1.29, 1.82) is 0 Å². The molecule has 0 aliphatic rings. The van der Waals surface area contributed by atoms with Gasteiger partial charge in [0.2, 0.25) is 0 Å². The molecule has 5 nitrogen and oxygen atoms in total. The average Bonchev–Trinajstić information content (AvgIpc) is 2.55. The number of benzene rings is 1. The average molecular weight is 301 g/mol. The lowest BCUT2D eigenvalue weighted by molar-refractivity contribution is 0.258. The van der Waals surface area contributed by atoms with Crippen molar-refractivity contribution in [2.75, 3.05) is 32.0 Å². The highest BCUT2D eigenvalue weighted by atomic mass is 15.2. The molecule has 2 aromatic rings. The third-order valence-corrected chi connectivity index (χ3v) is 4.12. The number of likely N-dealkylation sites (N-methyl/N-ethyl adjacent to an activating group) is 1. The van der Waals surface area contributed by atoms with Crippen molar-refractivity contribution < 1.29 is 0 Å². The van der Waals surface area contributed by atoms with E-state index < -0.39 is 0 Å². The molecule has 0 aliphatic heterocycles. The van der Waals surface area contributed by atoms with E-state index in [0.29, 0.717) is 19.0 Å². The smallest absolute Gasteiger partial charge is 0.137 e. The van der Waals surface area contributed by atoms with Crippen LogP contribution in [0.3, 0.4) is 0 Å². The van der Waals surface area contributed by atoms with E-state index >= 15 is 0 Å². The first-order valence-electron chi connectivity index (χ1n) is 8.09. The summed E-state index contributed by atoms with van der Waals surface area (Å²) in [5, 5.41) is 4.59. The molecule has 1 heterocycles. The maximum atomic E-state index is 5.65. The predicted octanol–water partition coefficient (Wildman–Crippen LogP) is 2.27. The fourth-order valence-electron chi connectivity index (χ4n) is 2.58. The van der Waals surface area contributed by atoms with Crippen molar-refractivity contribution in [2.24, 2.45) is 5.73 Å². The zero-order valence-corrected chi connectivity index (χ0v) is 13.8. The van der Waals surface area contributed by atoms with Crippen molar-refractivity contribution in [3.63, 3.8) is 0 Å². The van der Waals surface area contributed by atoms with Gasteiger partial charge in [0.05, 0.1) is 5.52 Å². The van der Waals surface area contributed by atoms with E-state index in [4.69, 9.17) is 5.73 Å². The zero-order chi connectivity index (χ0) is 15.9. The largest absolute Gasteiger partial charge is 0.368 e. The molecule has 1 aromatic carbocycles. The minimum atomic E-state index is 0.497. The van der Waals surface area contributed by atoms with Gasteiger partial charge in [0, 0.05) is 24.4 Å². The van der Waals surface area contributed by atoms with E-state index in [-0.39, 0.29) is 0 Å². The van der Waals surface area contributed by atoms with Gasteiger partial charge in [-0.2, -0.15) is 0 Å². The number of para-hydroxylation sites is 1. The molecule has 0 aliphatic carbocycles. The standard InChI is InChI=1S/C17H27N5/c1-4-13(22(3)5-2)12-19-17-14-8-6-7-9-15(14)20-16(21-17)10-11-18/h6-9,13H,4-5,10-12,18H2,1-3H3,(H,19,20,21)/t13-/m0/s1.